The minimum Gasteiger partial charge on any atom is -0.497 e. The zero-order valence-electron chi connectivity index (χ0n) is 16.5. The first kappa shape index (κ1) is 19.7. The maximum atomic E-state index is 13.3. The molecule has 27 heavy (non-hydrogen) atoms. The maximum Gasteiger partial charge on any atom is 0.328 e. The van der Waals surface area contributed by atoms with Crippen LogP contribution in [0, 0.1) is 11.3 Å². The van der Waals surface area contributed by atoms with Gasteiger partial charge < -0.3 is 14.6 Å². The highest BCUT2D eigenvalue weighted by molar-refractivity contribution is 5.97. The van der Waals surface area contributed by atoms with Gasteiger partial charge in [0.05, 0.1) is 13.7 Å². The van der Waals surface area contributed by atoms with Crippen LogP contribution in [0.3, 0.4) is 0 Å². The molecule has 6 nitrogen and oxygen atoms in total. The second kappa shape index (κ2) is 7.15. The van der Waals surface area contributed by atoms with Crippen molar-refractivity contribution >= 4 is 11.9 Å². The smallest absolute Gasteiger partial charge is 0.328 e. The number of ether oxygens (including phenoxy) is 2. The number of nitrogens with zero attached hydrogens (tertiary/aromatic N) is 1. The summed E-state index contributed by atoms with van der Waals surface area (Å²) in [6, 6.07) is 5.87. The molecule has 1 N–H and O–H groups in total. The number of carboxylic acid groups (broad SMARTS) is 1. The first-order valence-corrected chi connectivity index (χ1v) is 9.52. The average molecular weight is 375 g/mol. The lowest BCUT2D eigenvalue weighted by molar-refractivity contribution is -0.144. The normalized spacial score (nSPS) is 28.4. The number of hydrogen-bond acceptors (Lipinski definition) is 4. The van der Waals surface area contributed by atoms with E-state index in [1.54, 1.807) is 24.3 Å². The van der Waals surface area contributed by atoms with Crippen molar-refractivity contribution in [3.8, 4) is 5.75 Å². The highest BCUT2D eigenvalue weighted by Gasteiger charge is 2.54. The van der Waals surface area contributed by atoms with Crippen molar-refractivity contribution in [2.24, 2.45) is 11.3 Å². The van der Waals surface area contributed by atoms with Crippen molar-refractivity contribution < 1.29 is 24.2 Å². The van der Waals surface area contributed by atoms with Gasteiger partial charge in [0.15, 0.2) is 6.04 Å². The molecule has 1 aliphatic carbocycles. The summed E-state index contributed by atoms with van der Waals surface area (Å²) in [6.07, 6.45) is 3.15. The summed E-state index contributed by atoms with van der Waals surface area (Å²) < 4.78 is 11.2. The number of benzene rings is 1. The molecule has 1 saturated carbocycles. The fraction of sp³-hybridized carbons (Fsp3) is 0.619. The molecule has 148 valence electrons. The van der Waals surface area contributed by atoms with Crippen LogP contribution in [-0.2, 0) is 9.53 Å². The first-order chi connectivity index (χ1) is 12.7. The number of rotatable bonds is 3. The number of carboxylic acids is 1. The lowest BCUT2D eigenvalue weighted by Crippen LogP contribution is -2.55. The van der Waals surface area contributed by atoms with E-state index < -0.39 is 17.7 Å². The number of carbonyl (C=O) groups excluding carboxylic acids is 1. The molecule has 2 fully saturated rings. The molecule has 0 aromatic heterocycles. The largest absolute Gasteiger partial charge is 0.497 e. The van der Waals surface area contributed by atoms with Crippen LogP contribution in [0.25, 0.3) is 0 Å². The Morgan fingerprint density at radius 3 is 2.48 bits per heavy atom. The molecule has 0 radical (unpaired) electrons. The molecule has 0 bridgehead atoms. The Morgan fingerprint density at radius 2 is 1.93 bits per heavy atom. The fourth-order valence-corrected chi connectivity index (χ4v) is 4.39. The van der Waals surface area contributed by atoms with Crippen LogP contribution in [0.2, 0.25) is 0 Å². The van der Waals surface area contributed by atoms with E-state index in [1.807, 2.05) is 0 Å². The summed E-state index contributed by atoms with van der Waals surface area (Å²) in [5.41, 5.74) is -0.220. The van der Waals surface area contributed by atoms with Gasteiger partial charge in [-0.3, -0.25) is 9.69 Å². The van der Waals surface area contributed by atoms with E-state index >= 15 is 0 Å². The van der Waals surface area contributed by atoms with Crippen molar-refractivity contribution in [1.29, 1.82) is 0 Å². The van der Waals surface area contributed by atoms with Crippen LogP contribution in [0.15, 0.2) is 24.3 Å². The molecular formula is C21H29NO5. The third kappa shape index (κ3) is 3.68. The van der Waals surface area contributed by atoms with Crippen molar-refractivity contribution in [2.75, 3.05) is 13.7 Å². The van der Waals surface area contributed by atoms with Crippen LogP contribution < -0.4 is 4.74 Å². The summed E-state index contributed by atoms with van der Waals surface area (Å²) in [5, 5.41) is 9.68. The second-order valence-corrected chi connectivity index (χ2v) is 8.66. The number of carbonyl (C=O) groups is 2. The molecule has 1 heterocycles. The van der Waals surface area contributed by atoms with Gasteiger partial charge in [0, 0.05) is 5.56 Å². The van der Waals surface area contributed by atoms with Gasteiger partial charge in [0.25, 0.3) is 5.91 Å². The second-order valence-electron chi connectivity index (χ2n) is 8.66. The first-order valence-electron chi connectivity index (χ1n) is 9.52. The van der Waals surface area contributed by atoms with Gasteiger partial charge >= 0.3 is 5.97 Å². The lowest BCUT2D eigenvalue weighted by atomic mass is 9.70. The lowest BCUT2D eigenvalue weighted by Gasteiger charge is -2.46. The Morgan fingerprint density at radius 1 is 1.26 bits per heavy atom. The highest BCUT2D eigenvalue weighted by Crippen LogP contribution is 2.47. The maximum absolute atomic E-state index is 13.3. The van der Waals surface area contributed by atoms with Crippen LogP contribution in [0.5, 0.6) is 5.75 Å². The van der Waals surface area contributed by atoms with E-state index in [0.717, 1.165) is 12.8 Å². The SMILES string of the molecule is COc1cccc(C(=O)N2[C@@H](C(=O)O)COC23CCC(C(C)(C)C)CC3)c1. The van der Waals surface area contributed by atoms with Gasteiger partial charge in [-0.2, -0.15) is 0 Å². The standard InChI is InChI=1S/C21H29NO5/c1-20(2,3)15-8-10-21(11-9-15)22(17(13-27-21)19(24)25)18(23)14-6-5-7-16(12-14)26-4/h5-7,12,15,17H,8-11,13H2,1-4H3,(H,24,25)/t15?,17-,21?/m1/s1. The van der Waals surface area contributed by atoms with Crippen LogP contribution in [0.1, 0.15) is 56.8 Å². The van der Waals surface area contributed by atoms with Crippen LogP contribution in [-0.4, -0.2) is 47.4 Å². The number of aliphatic carboxylic acids is 1. The molecular weight excluding hydrogens is 346 g/mol. The topological polar surface area (TPSA) is 76.1 Å². The zero-order valence-corrected chi connectivity index (χ0v) is 16.5. The van der Waals surface area contributed by atoms with E-state index in [2.05, 4.69) is 20.8 Å². The number of amides is 1. The molecule has 1 amide bonds. The zero-order chi connectivity index (χ0) is 19.8. The average Bonchev–Trinajstić information content (AvgIpc) is 2.99. The predicted octanol–water partition coefficient (Wildman–Crippen LogP) is 3.55. The summed E-state index contributed by atoms with van der Waals surface area (Å²) >= 11 is 0. The molecule has 6 heteroatoms. The Bertz CT molecular complexity index is 716. The Balaban J connectivity index is 1.90. The molecule has 1 spiro atoms. The Labute approximate surface area is 160 Å². The Hall–Kier alpha value is -2.08. The van der Waals surface area contributed by atoms with Crippen molar-refractivity contribution in [2.45, 2.75) is 58.2 Å². The minimum absolute atomic E-state index is 0.0330. The van der Waals surface area contributed by atoms with Crippen molar-refractivity contribution in [1.82, 2.24) is 4.90 Å². The monoisotopic (exact) mass is 375 g/mol. The molecule has 1 aliphatic heterocycles. The molecule has 1 aromatic carbocycles. The summed E-state index contributed by atoms with van der Waals surface area (Å²) in [4.78, 5) is 26.6. The quantitative estimate of drug-likeness (QED) is 0.874. The molecule has 0 unspecified atom stereocenters. The molecule has 1 aromatic rings. The summed E-state index contributed by atoms with van der Waals surface area (Å²) in [6.45, 7) is 6.71. The van der Waals surface area contributed by atoms with Gasteiger partial charge in [-0.15, -0.1) is 0 Å². The van der Waals surface area contributed by atoms with Crippen LogP contribution in [0.4, 0.5) is 0 Å². The highest BCUT2D eigenvalue weighted by atomic mass is 16.5. The molecule has 2 aliphatic rings. The fourth-order valence-electron chi connectivity index (χ4n) is 4.39. The molecule has 3 rings (SSSR count). The van der Waals surface area contributed by atoms with E-state index in [4.69, 9.17) is 9.47 Å². The van der Waals surface area contributed by atoms with E-state index in [9.17, 15) is 14.7 Å². The third-order valence-electron chi connectivity index (χ3n) is 6.07. The number of methoxy groups -OCH3 is 1. The van der Waals surface area contributed by atoms with Gasteiger partial charge in [-0.25, -0.2) is 4.79 Å². The van der Waals surface area contributed by atoms with Gasteiger partial charge in [0.2, 0.25) is 0 Å². The summed E-state index contributed by atoms with van der Waals surface area (Å²) in [5.74, 6) is -0.239. The van der Waals surface area contributed by atoms with E-state index in [0.29, 0.717) is 30.1 Å². The van der Waals surface area contributed by atoms with Gasteiger partial charge in [-0.05, 0) is 55.2 Å². The third-order valence-corrected chi connectivity index (χ3v) is 6.07. The minimum atomic E-state index is -1.03. The van der Waals surface area contributed by atoms with Crippen molar-refractivity contribution in [3.63, 3.8) is 0 Å². The summed E-state index contributed by atoms with van der Waals surface area (Å²) in [7, 11) is 1.54. The predicted molar refractivity (Wildman–Crippen MR) is 101 cm³/mol. The van der Waals surface area contributed by atoms with E-state index in [-0.39, 0.29) is 17.9 Å². The van der Waals surface area contributed by atoms with Gasteiger partial charge in [0.1, 0.15) is 11.5 Å². The van der Waals surface area contributed by atoms with Crippen molar-refractivity contribution in [3.05, 3.63) is 29.8 Å². The van der Waals surface area contributed by atoms with Gasteiger partial charge in [-0.1, -0.05) is 26.8 Å². The Kier molecular flexibility index (Phi) is 5.21. The molecule has 1 saturated heterocycles. The van der Waals surface area contributed by atoms with E-state index in [1.165, 1.54) is 12.0 Å². The van der Waals surface area contributed by atoms with Crippen LogP contribution >= 0.6 is 0 Å². The molecule has 1 atom stereocenters. The number of hydrogen-bond donors (Lipinski definition) is 1.